The van der Waals surface area contributed by atoms with Gasteiger partial charge in [0.15, 0.2) is 0 Å². The van der Waals surface area contributed by atoms with E-state index in [0.717, 1.165) is 39.1 Å². The first-order valence-corrected chi connectivity index (χ1v) is 9.57. The number of hydrogen-bond acceptors (Lipinski definition) is 3. The molecule has 138 valence electrons. The molecule has 0 aliphatic carbocycles. The van der Waals surface area contributed by atoms with Crippen molar-refractivity contribution >= 4 is 5.91 Å². The molecule has 0 spiro atoms. The lowest BCUT2D eigenvalue weighted by molar-refractivity contribution is -0.122. The summed E-state index contributed by atoms with van der Waals surface area (Å²) in [5.41, 5.74) is 2.46. The molecule has 0 saturated carbocycles. The maximum Gasteiger partial charge on any atom is 0.234 e. The van der Waals surface area contributed by atoms with Crippen LogP contribution in [0.1, 0.15) is 24.0 Å². The minimum atomic E-state index is 0.114. The summed E-state index contributed by atoms with van der Waals surface area (Å²) in [7, 11) is 0. The van der Waals surface area contributed by atoms with Gasteiger partial charge in [0, 0.05) is 19.6 Å². The zero-order valence-electron chi connectivity index (χ0n) is 15.4. The van der Waals surface area contributed by atoms with Crippen LogP contribution in [0.3, 0.4) is 0 Å². The molecule has 2 N–H and O–H groups in total. The lowest BCUT2D eigenvalue weighted by Crippen LogP contribution is -2.37. The van der Waals surface area contributed by atoms with Crippen LogP contribution in [-0.2, 0) is 17.9 Å². The minimum Gasteiger partial charge on any atom is -0.355 e. The minimum absolute atomic E-state index is 0.114. The van der Waals surface area contributed by atoms with Crippen molar-refractivity contribution in [3.05, 3.63) is 71.8 Å². The van der Waals surface area contributed by atoms with Gasteiger partial charge < -0.3 is 10.6 Å². The molecule has 2 aromatic carbocycles. The third-order valence-electron chi connectivity index (χ3n) is 4.90. The number of hydrogen-bond donors (Lipinski definition) is 2. The number of nitrogens with one attached hydrogen (secondary N) is 2. The highest BCUT2D eigenvalue weighted by atomic mass is 16.2. The Balaban J connectivity index is 1.52. The van der Waals surface area contributed by atoms with E-state index in [-0.39, 0.29) is 5.91 Å². The summed E-state index contributed by atoms with van der Waals surface area (Å²) in [5.74, 6) is 0.822. The Morgan fingerprint density at radius 3 is 2.15 bits per heavy atom. The molecule has 1 unspecified atom stereocenters. The van der Waals surface area contributed by atoms with Crippen molar-refractivity contribution in [2.45, 2.75) is 25.9 Å². The smallest absolute Gasteiger partial charge is 0.234 e. The summed E-state index contributed by atoms with van der Waals surface area (Å²) in [6.45, 7) is 4.94. The van der Waals surface area contributed by atoms with Gasteiger partial charge in [-0.05, 0) is 43.0 Å². The molecular weight excluding hydrogens is 322 g/mol. The fraction of sp³-hybridized carbons (Fsp3) is 0.409. The largest absolute Gasteiger partial charge is 0.355 e. The number of benzene rings is 2. The van der Waals surface area contributed by atoms with E-state index in [1.165, 1.54) is 17.5 Å². The molecule has 1 aliphatic rings. The van der Waals surface area contributed by atoms with Crippen molar-refractivity contribution in [2.24, 2.45) is 5.92 Å². The summed E-state index contributed by atoms with van der Waals surface area (Å²) >= 11 is 0. The van der Waals surface area contributed by atoms with Gasteiger partial charge in [-0.3, -0.25) is 9.69 Å². The Bertz CT molecular complexity index is 612. The molecule has 3 rings (SSSR count). The van der Waals surface area contributed by atoms with Crippen LogP contribution in [0.4, 0.5) is 0 Å². The summed E-state index contributed by atoms with van der Waals surface area (Å²) in [6.07, 6.45) is 2.29. The Hall–Kier alpha value is -2.17. The topological polar surface area (TPSA) is 44.4 Å². The quantitative estimate of drug-likeness (QED) is 0.730. The van der Waals surface area contributed by atoms with Gasteiger partial charge in [0.05, 0.1) is 6.54 Å². The van der Waals surface area contributed by atoms with Crippen LogP contribution in [-0.4, -0.2) is 37.0 Å². The molecule has 0 aromatic heterocycles. The molecule has 4 heteroatoms. The zero-order chi connectivity index (χ0) is 18.0. The predicted octanol–water partition coefficient (Wildman–Crippen LogP) is 2.80. The number of nitrogens with zero attached hydrogens (tertiary/aromatic N) is 1. The van der Waals surface area contributed by atoms with Gasteiger partial charge in [-0.15, -0.1) is 0 Å². The molecule has 1 heterocycles. The van der Waals surface area contributed by atoms with Crippen molar-refractivity contribution in [1.29, 1.82) is 0 Å². The van der Waals surface area contributed by atoms with E-state index in [9.17, 15) is 4.79 Å². The van der Waals surface area contributed by atoms with Gasteiger partial charge in [0.1, 0.15) is 0 Å². The van der Waals surface area contributed by atoms with Gasteiger partial charge in [-0.2, -0.15) is 0 Å². The van der Waals surface area contributed by atoms with Crippen LogP contribution in [0, 0.1) is 5.92 Å². The van der Waals surface area contributed by atoms with E-state index in [4.69, 9.17) is 0 Å². The van der Waals surface area contributed by atoms with E-state index >= 15 is 0 Å². The van der Waals surface area contributed by atoms with E-state index in [1.54, 1.807) is 0 Å². The van der Waals surface area contributed by atoms with Crippen molar-refractivity contribution < 1.29 is 4.79 Å². The normalized spacial score (nSPS) is 16.7. The van der Waals surface area contributed by atoms with Gasteiger partial charge >= 0.3 is 0 Å². The van der Waals surface area contributed by atoms with Crippen LogP contribution in [0.2, 0.25) is 0 Å². The number of carbonyl (C=O) groups excluding carboxylic acids is 1. The molecule has 1 amide bonds. The van der Waals surface area contributed by atoms with Crippen LogP contribution in [0.5, 0.6) is 0 Å². The van der Waals surface area contributed by atoms with Crippen molar-refractivity contribution in [3.8, 4) is 0 Å². The number of rotatable bonds is 9. The van der Waals surface area contributed by atoms with Crippen LogP contribution >= 0.6 is 0 Å². The highest BCUT2D eigenvalue weighted by molar-refractivity contribution is 5.78. The van der Waals surface area contributed by atoms with Crippen LogP contribution < -0.4 is 10.6 Å². The Kier molecular flexibility index (Phi) is 7.23. The molecule has 1 atom stereocenters. The maximum absolute atomic E-state index is 12.4. The monoisotopic (exact) mass is 351 g/mol. The Morgan fingerprint density at radius 1 is 1.00 bits per heavy atom. The van der Waals surface area contributed by atoms with E-state index in [2.05, 4.69) is 39.8 Å². The fourth-order valence-corrected chi connectivity index (χ4v) is 3.49. The van der Waals surface area contributed by atoms with Crippen molar-refractivity contribution in [1.82, 2.24) is 15.5 Å². The first kappa shape index (κ1) is 18.6. The van der Waals surface area contributed by atoms with Crippen LogP contribution in [0.15, 0.2) is 60.7 Å². The van der Waals surface area contributed by atoms with Gasteiger partial charge in [-0.1, -0.05) is 60.7 Å². The molecule has 0 radical (unpaired) electrons. The van der Waals surface area contributed by atoms with Gasteiger partial charge in [0.25, 0.3) is 0 Å². The Labute approximate surface area is 156 Å². The third kappa shape index (κ3) is 6.28. The highest BCUT2D eigenvalue weighted by Crippen LogP contribution is 2.11. The molecule has 1 fully saturated rings. The summed E-state index contributed by atoms with van der Waals surface area (Å²) in [5, 5.41) is 6.48. The summed E-state index contributed by atoms with van der Waals surface area (Å²) in [4.78, 5) is 14.6. The maximum atomic E-state index is 12.4. The van der Waals surface area contributed by atoms with Crippen LogP contribution in [0.25, 0.3) is 0 Å². The average Bonchev–Trinajstić information content (AvgIpc) is 3.17. The number of carbonyl (C=O) groups is 1. The first-order chi connectivity index (χ1) is 12.8. The zero-order valence-corrected chi connectivity index (χ0v) is 15.4. The summed E-state index contributed by atoms with van der Waals surface area (Å²) < 4.78 is 0. The average molecular weight is 351 g/mol. The van der Waals surface area contributed by atoms with Gasteiger partial charge in [0.2, 0.25) is 5.91 Å². The lowest BCUT2D eigenvalue weighted by atomic mass is 10.1. The predicted molar refractivity (Wildman–Crippen MR) is 106 cm³/mol. The molecule has 1 saturated heterocycles. The van der Waals surface area contributed by atoms with E-state index in [1.807, 2.05) is 36.4 Å². The molecule has 1 aliphatic heterocycles. The second kappa shape index (κ2) is 10.1. The molecule has 4 nitrogen and oxygen atoms in total. The standard InChI is InChI=1S/C22H29N3O/c26-22(24-14-12-19-11-13-23-15-19)18-25(16-20-7-3-1-4-8-20)17-21-9-5-2-6-10-21/h1-10,19,23H,11-18H2,(H,24,26). The summed E-state index contributed by atoms with van der Waals surface area (Å²) in [6, 6.07) is 20.7. The molecule has 2 aromatic rings. The fourth-order valence-electron chi connectivity index (χ4n) is 3.49. The van der Waals surface area contributed by atoms with E-state index < -0.39 is 0 Å². The van der Waals surface area contributed by atoms with Crippen molar-refractivity contribution in [3.63, 3.8) is 0 Å². The highest BCUT2D eigenvalue weighted by Gasteiger charge is 2.15. The van der Waals surface area contributed by atoms with Crippen molar-refractivity contribution in [2.75, 3.05) is 26.2 Å². The van der Waals surface area contributed by atoms with Gasteiger partial charge in [-0.25, -0.2) is 0 Å². The Morgan fingerprint density at radius 2 is 1.62 bits per heavy atom. The lowest BCUT2D eigenvalue weighted by Gasteiger charge is -2.22. The molecule has 26 heavy (non-hydrogen) atoms. The first-order valence-electron chi connectivity index (χ1n) is 9.57. The molecular formula is C22H29N3O. The number of amides is 1. The third-order valence-corrected chi connectivity index (χ3v) is 4.90. The second-order valence-corrected chi connectivity index (χ2v) is 7.11. The van der Waals surface area contributed by atoms with E-state index in [0.29, 0.717) is 12.5 Å². The second-order valence-electron chi connectivity index (χ2n) is 7.11. The SMILES string of the molecule is O=C(CN(Cc1ccccc1)Cc1ccccc1)NCCC1CCNC1. The molecule has 0 bridgehead atoms.